The molecule has 1 unspecified atom stereocenters. The Morgan fingerprint density at radius 2 is 1.84 bits per heavy atom. The van der Waals surface area contributed by atoms with Gasteiger partial charge in [0.15, 0.2) is 0 Å². The van der Waals surface area contributed by atoms with Crippen molar-refractivity contribution in [1.29, 1.82) is 0 Å². The van der Waals surface area contributed by atoms with Crippen LogP contribution in [0, 0.1) is 0 Å². The van der Waals surface area contributed by atoms with Gasteiger partial charge >= 0.3 is 0 Å². The SMILES string of the molecule is COC1(C(=O)N2CCN(C3CCN(Cc4ccccc4)C3)CC2)CC1. The molecule has 3 fully saturated rings. The molecule has 1 saturated carbocycles. The third kappa shape index (κ3) is 3.59. The van der Waals surface area contributed by atoms with Crippen molar-refractivity contribution in [3.8, 4) is 0 Å². The zero-order chi connectivity index (χ0) is 17.3. The highest BCUT2D eigenvalue weighted by Crippen LogP contribution is 2.40. The van der Waals surface area contributed by atoms with E-state index in [1.165, 1.54) is 18.5 Å². The molecule has 2 heterocycles. The monoisotopic (exact) mass is 343 g/mol. The molecule has 1 aromatic carbocycles. The van der Waals surface area contributed by atoms with E-state index in [0.717, 1.165) is 52.1 Å². The summed E-state index contributed by atoms with van der Waals surface area (Å²) in [6, 6.07) is 11.4. The van der Waals surface area contributed by atoms with Crippen molar-refractivity contribution in [2.75, 3.05) is 46.4 Å². The van der Waals surface area contributed by atoms with E-state index in [4.69, 9.17) is 4.74 Å². The van der Waals surface area contributed by atoms with Crippen LogP contribution in [0.5, 0.6) is 0 Å². The average Bonchev–Trinajstić information content (AvgIpc) is 3.34. The maximum absolute atomic E-state index is 12.6. The van der Waals surface area contributed by atoms with Crippen LogP contribution < -0.4 is 0 Å². The lowest BCUT2D eigenvalue weighted by Gasteiger charge is -2.39. The zero-order valence-corrected chi connectivity index (χ0v) is 15.2. The van der Waals surface area contributed by atoms with Gasteiger partial charge in [-0.15, -0.1) is 0 Å². The van der Waals surface area contributed by atoms with Crippen LogP contribution in [0.4, 0.5) is 0 Å². The molecule has 0 bridgehead atoms. The number of carbonyl (C=O) groups excluding carboxylic acids is 1. The van der Waals surface area contributed by atoms with Gasteiger partial charge in [0.2, 0.25) is 0 Å². The predicted octanol–water partition coefficient (Wildman–Crippen LogP) is 1.58. The first kappa shape index (κ1) is 17.0. The normalized spacial score (nSPS) is 26.8. The van der Waals surface area contributed by atoms with Gasteiger partial charge in [0.25, 0.3) is 5.91 Å². The van der Waals surface area contributed by atoms with Crippen molar-refractivity contribution in [2.24, 2.45) is 0 Å². The Hall–Kier alpha value is -1.43. The number of rotatable bonds is 5. The molecule has 0 spiro atoms. The quantitative estimate of drug-likeness (QED) is 0.813. The molecule has 5 heteroatoms. The number of nitrogens with zero attached hydrogens (tertiary/aromatic N) is 3. The molecule has 1 atom stereocenters. The maximum atomic E-state index is 12.6. The second-order valence-corrected chi connectivity index (χ2v) is 7.69. The number of piperazine rings is 1. The van der Waals surface area contributed by atoms with Crippen LogP contribution in [0.2, 0.25) is 0 Å². The summed E-state index contributed by atoms with van der Waals surface area (Å²) >= 11 is 0. The van der Waals surface area contributed by atoms with E-state index < -0.39 is 5.60 Å². The Kier molecular flexibility index (Phi) is 4.80. The van der Waals surface area contributed by atoms with Gasteiger partial charge < -0.3 is 9.64 Å². The first-order valence-corrected chi connectivity index (χ1v) is 9.55. The van der Waals surface area contributed by atoms with Gasteiger partial charge in [-0.1, -0.05) is 30.3 Å². The Balaban J connectivity index is 1.25. The minimum atomic E-state index is -0.470. The van der Waals surface area contributed by atoms with E-state index >= 15 is 0 Å². The van der Waals surface area contributed by atoms with Gasteiger partial charge in [0.05, 0.1) is 0 Å². The molecule has 1 amide bonds. The molecular weight excluding hydrogens is 314 g/mol. The van der Waals surface area contributed by atoms with Crippen molar-refractivity contribution in [1.82, 2.24) is 14.7 Å². The Morgan fingerprint density at radius 1 is 1.12 bits per heavy atom. The molecule has 5 nitrogen and oxygen atoms in total. The van der Waals surface area contributed by atoms with Crippen molar-refractivity contribution in [2.45, 2.75) is 37.5 Å². The van der Waals surface area contributed by atoms with Gasteiger partial charge in [-0.25, -0.2) is 0 Å². The number of carbonyl (C=O) groups is 1. The Bertz CT molecular complexity index is 594. The summed E-state index contributed by atoms with van der Waals surface area (Å²) in [5.74, 6) is 0.215. The highest BCUT2D eigenvalue weighted by molar-refractivity contribution is 5.88. The molecule has 0 radical (unpaired) electrons. The number of ether oxygens (including phenoxy) is 1. The molecule has 2 saturated heterocycles. The summed E-state index contributed by atoms with van der Waals surface area (Å²) in [6.07, 6.45) is 3.02. The van der Waals surface area contributed by atoms with Gasteiger partial charge in [-0.2, -0.15) is 0 Å². The number of methoxy groups -OCH3 is 1. The standard InChI is InChI=1S/C20H29N3O2/c1-25-20(8-9-20)19(24)23-13-11-22(12-14-23)18-7-10-21(16-18)15-17-5-3-2-4-6-17/h2-6,18H,7-16H2,1H3. The van der Waals surface area contributed by atoms with Crippen LogP contribution in [-0.4, -0.2) is 78.6 Å². The molecule has 0 N–H and O–H groups in total. The van der Waals surface area contributed by atoms with E-state index in [2.05, 4.69) is 40.1 Å². The van der Waals surface area contributed by atoms with Crippen LogP contribution in [0.3, 0.4) is 0 Å². The molecule has 1 aromatic rings. The Labute approximate surface area is 150 Å². The van der Waals surface area contributed by atoms with Crippen LogP contribution in [0.25, 0.3) is 0 Å². The van der Waals surface area contributed by atoms with Gasteiger partial charge in [-0.3, -0.25) is 14.6 Å². The van der Waals surface area contributed by atoms with E-state index in [9.17, 15) is 4.79 Å². The number of hydrogen-bond donors (Lipinski definition) is 0. The summed E-state index contributed by atoms with van der Waals surface area (Å²) in [5, 5.41) is 0. The molecule has 0 aromatic heterocycles. The first-order valence-electron chi connectivity index (χ1n) is 9.55. The van der Waals surface area contributed by atoms with Gasteiger partial charge in [-0.05, 0) is 24.8 Å². The summed E-state index contributed by atoms with van der Waals surface area (Å²) in [5.41, 5.74) is 0.926. The lowest BCUT2D eigenvalue weighted by Crippen LogP contribution is -2.55. The van der Waals surface area contributed by atoms with Crippen LogP contribution in [-0.2, 0) is 16.1 Å². The molecule has 1 aliphatic carbocycles. The van der Waals surface area contributed by atoms with E-state index in [1.54, 1.807) is 7.11 Å². The fourth-order valence-electron chi connectivity index (χ4n) is 4.29. The third-order valence-corrected chi connectivity index (χ3v) is 6.10. The van der Waals surface area contributed by atoms with Crippen molar-refractivity contribution in [3.63, 3.8) is 0 Å². The fraction of sp³-hybridized carbons (Fsp3) is 0.650. The molecule has 3 aliphatic rings. The number of likely N-dealkylation sites (tertiary alicyclic amines) is 1. The summed E-state index contributed by atoms with van der Waals surface area (Å²) < 4.78 is 5.45. The highest BCUT2D eigenvalue weighted by atomic mass is 16.5. The molecule has 2 aliphatic heterocycles. The topological polar surface area (TPSA) is 36.0 Å². The summed E-state index contributed by atoms with van der Waals surface area (Å²) in [7, 11) is 1.67. The number of amides is 1. The van der Waals surface area contributed by atoms with E-state index in [1.807, 2.05) is 4.90 Å². The van der Waals surface area contributed by atoms with E-state index in [0.29, 0.717) is 6.04 Å². The van der Waals surface area contributed by atoms with Crippen LogP contribution in [0.15, 0.2) is 30.3 Å². The summed E-state index contributed by atoms with van der Waals surface area (Å²) in [4.78, 5) is 19.7. The molecule has 136 valence electrons. The second kappa shape index (κ2) is 7.06. The maximum Gasteiger partial charge on any atom is 0.254 e. The summed E-state index contributed by atoms with van der Waals surface area (Å²) in [6.45, 7) is 7.05. The fourth-order valence-corrected chi connectivity index (χ4v) is 4.29. The lowest BCUT2D eigenvalue weighted by atomic mass is 10.1. The number of hydrogen-bond acceptors (Lipinski definition) is 4. The van der Waals surface area contributed by atoms with Gasteiger partial charge in [0.1, 0.15) is 5.60 Å². The zero-order valence-electron chi connectivity index (χ0n) is 15.2. The smallest absolute Gasteiger partial charge is 0.254 e. The van der Waals surface area contributed by atoms with Crippen molar-refractivity contribution < 1.29 is 9.53 Å². The largest absolute Gasteiger partial charge is 0.368 e. The average molecular weight is 343 g/mol. The minimum Gasteiger partial charge on any atom is -0.368 e. The van der Waals surface area contributed by atoms with Crippen LogP contribution in [0.1, 0.15) is 24.8 Å². The van der Waals surface area contributed by atoms with Crippen molar-refractivity contribution >= 4 is 5.91 Å². The Morgan fingerprint density at radius 3 is 2.48 bits per heavy atom. The number of benzene rings is 1. The highest BCUT2D eigenvalue weighted by Gasteiger charge is 2.52. The van der Waals surface area contributed by atoms with Crippen molar-refractivity contribution in [3.05, 3.63) is 35.9 Å². The minimum absolute atomic E-state index is 0.215. The van der Waals surface area contributed by atoms with Crippen LogP contribution >= 0.6 is 0 Å². The molecule has 25 heavy (non-hydrogen) atoms. The predicted molar refractivity (Wildman–Crippen MR) is 97.3 cm³/mol. The van der Waals surface area contributed by atoms with E-state index in [-0.39, 0.29) is 5.91 Å². The molecule has 4 rings (SSSR count). The molecular formula is C20H29N3O2. The lowest BCUT2D eigenvalue weighted by molar-refractivity contribution is -0.146. The van der Waals surface area contributed by atoms with Gasteiger partial charge in [0, 0.05) is 59.0 Å². The first-order chi connectivity index (χ1) is 12.2. The third-order valence-electron chi connectivity index (χ3n) is 6.10. The second-order valence-electron chi connectivity index (χ2n) is 7.69.